The number of hydrogen-bond donors (Lipinski definition) is 1. The molecule has 2 aromatic rings. The molecule has 2 aromatic carbocycles. The molecule has 0 atom stereocenters. The van der Waals surface area contributed by atoms with Gasteiger partial charge in [-0.25, -0.2) is 5.43 Å². The van der Waals surface area contributed by atoms with E-state index in [4.69, 9.17) is 34.8 Å². The number of halogens is 3. The van der Waals surface area contributed by atoms with Crippen molar-refractivity contribution in [2.45, 2.75) is 5.75 Å². The van der Waals surface area contributed by atoms with E-state index in [0.717, 1.165) is 11.3 Å². The van der Waals surface area contributed by atoms with Crippen LogP contribution >= 0.6 is 46.6 Å². The Bertz CT molecular complexity index is 685. The van der Waals surface area contributed by atoms with Crippen LogP contribution in [-0.2, 0) is 10.5 Å². The first-order valence-electron chi connectivity index (χ1n) is 6.64. The van der Waals surface area contributed by atoms with Crippen molar-refractivity contribution >= 4 is 58.7 Å². The molecule has 2 rings (SSSR count). The largest absolute Gasteiger partial charge is 0.272 e. The molecule has 3 nitrogen and oxygen atoms in total. The van der Waals surface area contributed by atoms with Gasteiger partial charge in [-0.05, 0) is 29.8 Å². The highest BCUT2D eigenvalue weighted by Crippen LogP contribution is 2.22. The summed E-state index contributed by atoms with van der Waals surface area (Å²) in [4.78, 5) is 11.7. The van der Waals surface area contributed by atoms with E-state index < -0.39 is 0 Å². The maximum absolute atomic E-state index is 11.7. The van der Waals surface area contributed by atoms with Gasteiger partial charge in [-0.15, -0.1) is 11.8 Å². The fourth-order valence-electron chi connectivity index (χ4n) is 1.68. The van der Waals surface area contributed by atoms with E-state index in [2.05, 4.69) is 10.5 Å². The standard InChI is InChI=1S/C16H13Cl3N2OS/c17-12-6-4-11(5-7-12)9-23-10-16(22)21-20-8-13-14(18)2-1-3-15(13)19/h1-8H,9-10H2,(H,21,22)/b20-8+. The van der Waals surface area contributed by atoms with Crippen LogP contribution in [0.2, 0.25) is 15.1 Å². The van der Waals surface area contributed by atoms with Gasteiger partial charge in [0.2, 0.25) is 5.91 Å². The van der Waals surface area contributed by atoms with Gasteiger partial charge in [0.25, 0.3) is 0 Å². The van der Waals surface area contributed by atoms with Gasteiger partial charge in [0.15, 0.2) is 0 Å². The van der Waals surface area contributed by atoms with E-state index in [1.54, 1.807) is 18.2 Å². The van der Waals surface area contributed by atoms with Crippen molar-refractivity contribution < 1.29 is 4.79 Å². The molecule has 0 saturated carbocycles. The monoisotopic (exact) mass is 386 g/mol. The molecule has 0 aliphatic carbocycles. The van der Waals surface area contributed by atoms with Crippen molar-refractivity contribution in [1.29, 1.82) is 0 Å². The number of carbonyl (C=O) groups excluding carboxylic acids is 1. The highest BCUT2D eigenvalue weighted by molar-refractivity contribution is 7.99. The second-order valence-electron chi connectivity index (χ2n) is 4.55. The van der Waals surface area contributed by atoms with E-state index >= 15 is 0 Å². The molecule has 0 aliphatic rings. The Morgan fingerprint density at radius 1 is 1.09 bits per heavy atom. The van der Waals surface area contributed by atoms with Gasteiger partial charge in [-0.2, -0.15) is 5.10 Å². The van der Waals surface area contributed by atoms with E-state index in [1.807, 2.05) is 24.3 Å². The first-order valence-corrected chi connectivity index (χ1v) is 8.93. The Kier molecular flexibility index (Phi) is 7.24. The molecule has 7 heteroatoms. The molecule has 0 spiro atoms. The minimum absolute atomic E-state index is 0.191. The number of benzene rings is 2. The zero-order valence-corrected chi connectivity index (χ0v) is 15.0. The predicted molar refractivity (Wildman–Crippen MR) is 99.8 cm³/mol. The normalized spacial score (nSPS) is 10.9. The van der Waals surface area contributed by atoms with Crippen LogP contribution in [0.15, 0.2) is 47.6 Å². The zero-order valence-electron chi connectivity index (χ0n) is 11.9. The summed E-state index contributed by atoms with van der Waals surface area (Å²) in [5.74, 6) is 0.837. The molecule has 0 aliphatic heterocycles. The summed E-state index contributed by atoms with van der Waals surface area (Å²) < 4.78 is 0. The molecule has 1 N–H and O–H groups in total. The summed E-state index contributed by atoms with van der Waals surface area (Å²) >= 11 is 19.3. The van der Waals surface area contributed by atoms with Crippen LogP contribution in [0.5, 0.6) is 0 Å². The van der Waals surface area contributed by atoms with Gasteiger partial charge in [-0.1, -0.05) is 53.0 Å². The number of hydrazone groups is 1. The summed E-state index contributed by atoms with van der Waals surface area (Å²) in [5, 5.41) is 5.53. The molecule has 0 fully saturated rings. The summed E-state index contributed by atoms with van der Waals surface area (Å²) in [6.07, 6.45) is 1.44. The molecular formula is C16H13Cl3N2OS. The highest BCUT2D eigenvalue weighted by Gasteiger charge is 2.03. The Labute approximate surface area is 154 Å². The molecule has 23 heavy (non-hydrogen) atoms. The maximum Gasteiger partial charge on any atom is 0.250 e. The third kappa shape index (κ3) is 6.07. The molecule has 0 bridgehead atoms. The molecule has 1 amide bonds. The number of carbonyl (C=O) groups is 1. The number of nitrogens with zero attached hydrogens (tertiary/aromatic N) is 1. The second kappa shape index (κ2) is 9.18. The van der Waals surface area contributed by atoms with Crippen molar-refractivity contribution in [1.82, 2.24) is 5.43 Å². The average molecular weight is 388 g/mol. The molecule has 0 heterocycles. The van der Waals surface area contributed by atoms with Crippen LogP contribution in [0.1, 0.15) is 11.1 Å². The second-order valence-corrected chi connectivity index (χ2v) is 6.78. The van der Waals surface area contributed by atoms with Crippen LogP contribution < -0.4 is 5.43 Å². The number of amides is 1. The topological polar surface area (TPSA) is 41.5 Å². The average Bonchev–Trinajstić information content (AvgIpc) is 2.52. The van der Waals surface area contributed by atoms with Gasteiger partial charge in [-0.3, -0.25) is 4.79 Å². The lowest BCUT2D eigenvalue weighted by Crippen LogP contribution is -2.19. The van der Waals surface area contributed by atoms with Crippen molar-refractivity contribution in [2.75, 3.05) is 5.75 Å². The summed E-state index contributed by atoms with van der Waals surface area (Å²) in [7, 11) is 0. The lowest BCUT2D eigenvalue weighted by atomic mass is 10.2. The summed E-state index contributed by atoms with van der Waals surface area (Å²) in [6, 6.07) is 12.7. The van der Waals surface area contributed by atoms with Crippen LogP contribution in [-0.4, -0.2) is 17.9 Å². The third-order valence-electron chi connectivity index (χ3n) is 2.80. The van der Waals surface area contributed by atoms with Gasteiger partial charge in [0, 0.05) is 16.3 Å². The van der Waals surface area contributed by atoms with Gasteiger partial charge < -0.3 is 0 Å². The SMILES string of the molecule is O=C(CSCc1ccc(Cl)cc1)N/N=C/c1c(Cl)cccc1Cl. The van der Waals surface area contributed by atoms with E-state index in [1.165, 1.54) is 18.0 Å². The highest BCUT2D eigenvalue weighted by atomic mass is 35.5. The van der Waals surface area contributed by atoms with E-state index in [-0.39, 0.29) is 5.91 Å². The first kappa shape index (κ1) is 18.1. The molecule has 120 valence electrons. The fraction of sp³-hybridized carbons (Fsp3) is 0.125. The predicted octanol–water partition coefficient (Wildman–Crippen LogP) is 5.03. The molecular weight excluding hydrogens is 375 g/mol. The Balaban J connectivity index is 1.77. The van der Waals surface area contributed by atoms with Crippen molar-refractivity contribution in [2.24, 2.45) is 5.10 Å². The third-order valence-corrected chi connectivity index (χ3v) is 4.71. The molecule has 0 aromatic heterocycles. The smallest absolute Gasteiger partial charge is 0.250 e. The quantitative estimate of drug-likeness (QED) is 0.558. The Hall–Kier alpha value is -1.20. The van der Waals surface area contributed by atoms with Crippen LogP contribution in [0.25, 0.3) is 0 Å². The summed E-state index contributed by atoms with van der Waals surface area (Å²) in [5.41, 5.74) is 4.14. The van der Waals surface area contributed by atoms with Crippen LogP contribution in [0, 0.1) is 0 Å². The lowest BCUT2D eigenvalue weighted by molar-refractivity contribution is -0.118. The van der Waals surface area contributed by atoms with Crippen molar-refractivity contribution in [3.63, 3.8) is 0 Å². The van der Waals surface area contributed by atoms with Crippen molar-refractivity contribution in [3.05, 3.63) is 68.7 Å². The number of rotatable bonds is 6. The zero-order chi connectivity index (χ0) is 16.7. The maximum atomic E-state index is 11.7. The Morgan fingerprint density at radius 3 is 2.39 bits per heavy atom. The van der Waals surface area contributed by atoms with Gasteiger partial charge in [0.1, 0.15) is 0 Å². The lowest BCUT2D eigenvalue weighted by Gasteiger charge is -2.03. The minimum atomic E-state index is -0.191. The summed E-state index contributed by atoms with van der Waals surface area (Å²) in [6.45, 7) is 0. The Morgan fingerprint density at radius 2 is 1.74 bits per heavy atom. The minimum Gasteiger partial charge on any atom is -0.272 e. The van der Waals surface area contributed by atoms with Gasteiger partial charge in [0.05, 0.1) is 22.0 Å². The first-order chi connectivity index (χ1) is 11.1. The van der Waals surface area contributed by atoms with Crippen LogP contribution in [0.4, 0.5) is 0 Å². The van der Waals surface area contributed by atoms with Crippen LogP contribution in [0.3, 0.4) is 0 Å². The van der Waals surface area contributed by atoms with Gasteiger partial charge >= 0.3 is 0 Å². The number of thioether (sulfide) groups is 1. The fourth-order valence-corrected chi connectivity index (χ4v) is 3.08. The molecule has 0 saturated heterocycles. The van der Waals surface area contributed by atoms with E-state index in [9.17, 15) is 4.79 Å². The molecule has 0 unspecified atom stereocenters. The molecule has 0 radical (unpaired) electrons. The number of nitrogens with one attached hydrogen (secondary N) is 1. The van der Waals surface area contributed by atoms with Crippen molar-refractivity contribution in [3.8, 4) is 0 Å². The van der Waals surface area contributed by atoms with E-state index in [0.29, 0.717) is 26.4 Å². The number of hydrogen-bond acceptors (Lipinski definition) is 3.